The standard InChI is InChI=1S/C20H24N2O3/c1-4-22(17-10-12-18(25-3)13-11-17)20(24)19(21-15(2)23)14-16-8-6-5-7-9-16/h5-13,19H,4,14H2,1-3H3,(H,21,23)/t19-/m0/s1. The lowest BCUT2D eigenvalue weighted by Gasteiger charge is -2.27. The molecular weight excluding hydrogens is 316 g/mol. The molecule has 0 radical (unpaired) electrons. The summed E-state index contributed by atoms with van der Waals surface area (Å²) in [6.45, 7) is 3.85. The number of hydrogen-bond donors (Lipinski definition) is 1. The predicted molar refractivity (Wildman–Crippen MR) is 98.8 cm³/mol. The Morgan fingerprint density at radius 1 is 1.08 bits per heavy atom. The first-order valence-corrected chi connectivity index (χ1v) is 8.31. The molecule has 1 atom stereocenters. The van der Waals surface area contributed by atoms with Crippen molar-refractivity contribution in [1.29, 1.82) is 0 Å². The third-order valence-corrected chi connectivity index (χ3v) is 3.92. The van der Waals surface area contributed by atoms with E-state index in [1.807, 2.05) is 61.5 Å². The van der Waals surface area contributed by atoms with Crippen molar-refractivity contribution < 1.29 is 14.3 Å². The summed E-state index contributed by atoms with van der Waals surface area (Å²) in [5.74, 6) is 0.377. The predicted octanol–water partition coefficient (Wildman–Crippen LogP) is 2.80. The molecule has 25 heavy (non-hydrogen) atoms. The van der Waals surface area contributed by atoms with Crippen LogP contribution in [0.5, 0.6) is 5.75 Å². The first-order valence-electron chi connectivity index (χ1n) is 8.31. The summed E-state index contributed by atoms with van der Waals surface area (Å²) < 4.78 is 5.16. The first kappa shape index (κ1) is 18.5. The second-order valence-corrected chi connectivity index (χ2v) is 5.72. The van der Waals surface area contributed by atoms with Gasteiger partial charge in [-0.25, -0.2) is 0 Å². The number of ether oxygens (including phenoxy) is 1. The summed E-state index contributed by atoms with van der Waals surface area (Å²) in [6, 6.07) is 16.4. The molecule has 2 rings (SSSR count). The summed E-state index contributed by atoms with van der Waals surface area (Å²) in [7, 11) is 1.60. The average Bonchev–Trinajstić information content (AvgIpc) is 2.63. The first-order chi connectivity index (χ1) is 12.0. The normalized spacial score (nSPS) is 11.5. The van der Waals surface area contributed by atoms with Crippen LogP contribution in [0.4, 0.5) is 5.69 Å². The lowest BCUT2D eigenvalue weighted by atomic mass is 10.0. The van der Waals surface area contributed by atoms with E-state index in [2.05, 4.69) is 5.32 Å². The molecule has 0 unspecified atom stereocenters. The maximum absolute atomic E-state index is 13.0. The van der Waals surface area contributed by atoms with Crippen LogP contribution >= 0.6 is 0 Å². The number of methoxy groups -OCH3 is 1. The van der Waals surface area contributed by atoms with Crippen molar-refractivity contribution >= 4 is 17.5 Å². The van der Waals surface area contributed by atoms with Gasteiger partial charge in [0.15, 0.2) is 0 Å². The van der Waals surface area contributed by atoms with E-state index < -0.39 is 6.04 Å². The van der Waals surface area contributed by atoms with Gasteiger partial charge in [0.25, 0.3) is 0 Å². The van der Waals surface area contributed by atoms with Crippen molar-refractivity contribution in [3.8, 4) is 5.75 Å². The van der Waals surface area contributed by atoms with Crippen LogP contribution in [0.2, 0.25) is 0 Å². The minimum atomic E-state index is -0.609. The molecule has 0 aliphatic carbocycles. The Hall–Kier alpha value is -2.82. The lowest BCUT2D eigenvalue weighted by molar-refractivity contribution is -0.126. The Morgan fingerprint density at radius 2 is 1.72 bits per heavy atom. The highest BCUT2D eigenvalue weighted by atomic mass is 16.5. The number of carbonyl (C=O) groups is 2. The number of nitrogens with one attached hydrogen (secondary N) is 1. The SMILES string of the molecule is CCN(C(=O)[C@H](Cc1ccccc1)NC(C)=O)c1ccc(OC)cc1. The molecule has 5 nitrogen and oxygen atoms in total. The molecule has 0 fully saturated rings. The van der Waals surface area contributed by atoms with Gasteiger partial charge in [-0.2, -0.15) is 0 Å². The Labute approximate surface area is 148 Å². The van der Waals surface area contributed by atoms with E-state index in [-0.39, 0.29) is 11.8 Å². The van der Waals surface area contributed by atoms with Gasteiger partial charge in [-0.3, -0.25) is 9.59 Å². The van der Waals surface area contributed by atoms with Crippen molar-refractivity contribution in [3.63, 3.8) is 0 Å². The van der Waals surface area contributed by atoms with Gasteiger partial charge in [0.2, 0.25) is 11.8 Å². The second-order valence-electron chi connectivity index (χ2n) is 5.72. The number of anilines is 1. The van der Waals surface area contributed by atoms with Crippen LogP contribution in [0.1, 0.15) is 19.4 Å². The van der Waals surface area contributed by atoms with Gasteiger partial charge in [-0.05, 0) is 36.8 Å². The lowest BCUT2D eigenvalue weighted by Crippen LogP contribution is -2.49. The highest BCUT2D eigenvalue weighted by molar-refractivity contribution is 5.99. The highest BCUT2D eigenvalue weighted by Crippen LogP contribution is 2.20. The van der Waals surface area contributed by atoms with Crippen LogP contribution in [0.25, 0.3) is 0 Å². The quantitative estimate of drug-likeness (QED) is 0.843. The van der Waals surface area contributed by atoms with E-state index in [0.717, 1.165) is 17.0 Å². The molecule has 0 heterocycles. The van der Waals surface area contributed by atoms with E-state index in [9.17, 15) is 9.59 Å². The third-order valence-electron chi connectivity index (χ3n) is 3.92. The van der Waals surface area contributed by atoms with Crippen LogP contribution in [0.3, 0.4) is 0 Å². The molecule has 0 aliphatic rings. The zero-order valence-electron chi connectivity index (χ0n) is 14.9. The molecule has 0 aliphatic heterocycles. The van der Waals surface area contributed by atoms with Crippen molar-refractivity contribution in [3.05, 3.63) is 60.2 Å². The second kappa shape index (κ2) is 8.87. The molecule has 0 saturated carbocycles. The zero-order valence-corrected chi connectivity index (χ0v) is 14.9. The molecule has 0 bridgehead atoms. The molecule has 0 spiro atoms. The number of rotatable bonds is 7. The van der Waals surface area contributed by atoms with Crippen molar-refractivity contribution in [2.24, 2.45) is 0 Å². The van der Waals surface area contributed by atoms with Crippen molar-refractivity contribution in [2.75, 3.05) is 18.6 Å². The molecule has 2 aromatic carbocycles. The molecule has 132 valence electrons. The summed E-state index contributed by atoms with van der Waals surface area (Å²) in [4.78, 5) is 26.3. The third kappa shape index (κ3) is 5.08. The van der Waals surface area contributed by atoms with Crippen LogP contribution in [-0.2, 0) is 16.0 Å². The molecule has 5 heteroatoms. The molecule has 2 amide bonds. The fourth-order valence-corrected chi connectivity index (χ4v) is 2.71. The molecular formula is C20H24N2O3. The summed E-state index contributed by atoms with van der Waals surface area (Å²) in [5.41, 5.74) is 1.78. The van der Waals surface area contributed by atoms with Crippen LogP contribution in [0.15, 0.2) is 54.6 Å². The van der Waals surface area contributed by atoms with Gasteiger partial charge in [-0.1, -0.05) is 30.3 Å². The Morgan fingerprint density at radius 3 is 2.24 bits per heavy atom. The van der Waals surface area contributed by atoms with Gasteiger partial charge in [-0.15, -0.1) is 0 Å². The van der Waals surface area contributed by atoms with Gasteiger partial charge in [0.1, 0.15) is 11.8 Å². The number of likely N-dealkylation sites (N-methyl/N-ethyl adjacent to an activating group) is 1. The number of amides is 2. The van der Waals surface area contributed by atoms with Gasteiger partial charge in [0, 0.05) is 25.6 Å². The number of nitrogens with zero attached hydrogens (tertiary/aromatic N) is 1. The van der Waals surface area contributed by atoms with Gasteiger partial charge >= 0.3 is 0 Å². The Kier molecular flexibility index (Phi) is 6.57. The number of carbonyl (C=O) groups excluding carboxylic acids is 2. The Bertz CT molecular complexity index is 699. The largest absolute Gasteiger partial charge is 0.497 e. The highest BCUT2D eigenvalue weighted by Gasteiger charge is 2.25. The maximum atomic E-state index is 13.0. The minimum absolute atomic E-state index is 0.133. The number of benzene rings is 2. The van der Waals surface area contributed by atoms with E-state index in [4.69, 9.17) is 4.74 Å². The molecule has 1 N–H and O–H groups in total. The molecule has 0 aromatic heterocycles. The van der Waals surface area contributed by atoms with E-state index in [1.165, 1.54) is 6.92 Å². The van der Waals surface area contributed by atoms with Gasteiger partial charge in [0.05, 0.1) is 7.11 Å². The maximum Gasteiger partial charge on any atom is 0.249 e. The van der Waals surface area contributed by atoms with Crippen LogP contribution in [-0.4, -0.2) is 31.5 Å². The monoisotopic (exact) mass is 340 g/mol. The van der Waals surface area contributed by atoms with Crippen molar-refractivity contribution in [1.82, 2.24) is 5.32 Å². The topological polar surface area (TPSA) is 58.6 Å². The van der Waals surface area contributed by atoms with Crippen molar-refractivity contribution in [2.45, 2.75) is 26.3 Å². The fourth-order valence-electron chi connectivity index (χ4n) is 2.71. The summed E-state index contributed by atoms with van der Waals surface area (Å²) >= 11 is 0. The molecule has 0 saturated heterocycles. The summed E-state index contributed by atoms with van der Waals surface area (Å²) in [5, 5.41) is 2.78. The molecule has 2 aromatic rings. The number of hydrogen-bond acceptors (Lipinski definition) is 3. The zero-order chi connectivity index (χ0) is 18.2. The fraction of sp³-hybridized carbons (Fsp3) is 0.300. The van der Waals surface area contributed by atoms with E-state index >= 15 is 0 Å². The van der Waals surface area contributed by atoms with E-state index in [0.29, 0.717) is 13.0 Å². The minimum Gasteiger partial charge on any atom is -0.497 e. The van der Waals surface area contributed by atoms with Crippen LogP contribution in [0, 0.1) is 0 Å². The average molecular weight is 340 g/mol. The van der Waals surface area contributed by atoms with Gasteiger partial charge < -0.3 is 15.0 Å². The van der Waals surface area contributed by atoms with E-state index in [1.54, 1.807) is 12.0 Å². The smallest absolute Gasteiger partial charge is 0.249 e. The Balaban J connectivity index is 2.23. The summed E-state index contributed by atoms with van der Waals surface area (Å²) in [6.07, 6.45) is 0.450. The van der Waals surface area contributed by atoms with Crippen LogP contribution < -0.4 is 15.0 Å².